The molecule has 1 N–H and O–H groups in total. The molecule has 0 saturated heterocycles. The molecule has 3 nitrogen and oxygen atoms in total. The van der Waals surface area contributed by atoms with Gasteiger partial charge in [-0.2, -0.15) is 0 Å². The number of Topliss-reactive ketones (excluding diaryl/α,β-unsaturated/α-hetero) is 1. The molecule has 0 aromatic carbocycles. The lowest BCUT2D eigenvalue weighted by Gasteiger charge is -2.04. The minimum atomic E-state index is -0.745. The Balaban J connectivity index is 3.37. The first-order valence-electron chi connectivity index (χ1n) is 5.32. The number of ketones is 1. The molecule has 0 radical (unpaired) electrons. The molecule has 0 aromatic heterocycles. The van der Waals surface area contributed by atoms with Crippen LogP contribution in [0.15, 0.2) is 0 Å². The first-order chi connectivity index (χ1) is 6.57. The van der Waals surface area contributed by atoms with Crippen molar-refractivity contribution in [2.24, 2.45) is 5.92 Å². The standard InChI is InChI=1S/C11H20O3/c1-3-6-10(12)8-5-4-7-9(2)11(13)14/h9H,3-8H2,1-2H3,(H,13,14). The van der Waals surface area contributed by atoms with Crippen molar-refractivity contribution in [3.05, 3.63) is 0 Å². The lowest BCUT2D eigenvalue weighted by atomic mass is 10.0. The Bertz CT molecular complexity index is 187. The van der Waals surface area contributed by atoms with Gasteiger partial charge in [-0.05, 0) is 19.3 Å². The van der Waals surface area contributed by atoms with Crippen LogP contribution in [0.3, 0.4) is 0 Å². The molecule has 82 valence electrons. The molecule has 14 heavy (non-hydrogen) atoms. The number of hydrogen-bond donors (Lipinski definition) is 1. The number of carboxylic acids is 1. The second-order valence-corrected chi connectivity index (χ2v) is 3.77. The third kappa shape index (κ3) is 6.63. The normalized spacial score (nSPS) is 12.4. The Morgan fingerprint density at radius 2 is 1.86 bits per heavy atom. The van der Waals surface area contributed by atoms with Crippen LogP contribution in [0.4, 0.5) is 0 Å². The van der Waals surface area contributed by atoms with E-state index in [0.717, 1.165) is 19.3 Å². The van der Waals surface area contributed by atoms with Crippen LogP contribution in [0.1, 0.15) is 52.4 Å². The lowest BCUT2D eigenvalue weighted by molar-refractivity contribution is -0.141. The van der Waals surface area contributed by atoms with E-state index in [9.17, 15) is 9.59 Å². The Morgan fingerprint density at radius 1 is 1.21 bits per heavy atom. The second kappa shape index (κ2) is 7.54. The van der Waals surface area contributed by atoms with Gasteiger partial charge < -0.3 is 5.11 Å². The molecule has 0 bridgehead atoms. The van der Waals surface area contributed by atoms with Crippen molar-refractivity contribution in [3.63, 3.8) is 0 Å². The maximum atomic E-state index is 11.1. The fraction of sp³-hybridized carbons (Fsp3) is 0.818. The third-order valence-corrected chi connectivity index (χ3v) is 2.29. The molecule has 1 unspecified atom stereocenters. The highest BCUT2D eigenvalue weighted by atomic mass is 16.4. The summed E-state index contributed by atoms with van der Waals surface area (Å²) in [5.41, 5.74) is 0. The van der Waals surface area contributed by atoms with Crippen molar-refractivity contribution in [1.82, 2.24) is 0 Å². The predicted molar refractivity (Wildman–Crippen MR) is 55.2 cm³/mol. The van der Waals surface area contributed by atoms with Gasteiger partial charge in [-0.15, -0.1) is 0 Å². The van der Waals surface area contributed by atoms with Crippen LogP contribution in [0.25, 0.3) is 0 Å². The van der Waals surface area contributed by atoms with Gasteiger partial charge in [0.25, 0.3) is 0 Å². The van der Waals surface area contributed by atoms with Crippen molar-refractivity contribution in [3.8, 4) is 0 Å². The Morgan fingerprint density at radius 3 is 2.36 bits per heavy atom. The number of aliphatic carboxylic acids is 1. The van der Waals surface area contributed by atoms with Crippen LogP contribution in [-0.4, -0.2) is 16.9 Å². The molecule has 0 aliphatic carbocycles. The lowest BCUT2D eigenvalue weighted by Crippen LogP contribution is -2.09. The summed E-state index contributed by atoms with van der Waals surface area (Å²) in [6.07, 6.45) is 4.52. The molecular formula is C11H20O3. The van der Waals surface area contributed by atoms with E-state index in [1.807, 2.05) is 6.92 Å². The number of carbonyl (C=O) groups excluding carboxylic acids is 1. The fourth-order valence-corrected chi connectivity index (χ4v) is 1.30. The average Bonchev–Trinajstić information content (AvgIpc) is 2.12. The number of hydrogen-bond acceptors (Lipinski definition) is 2. The van der Waals surface area contributed by atoms with Crippen LogP contribution in [0.2, 0.25) is 0 Å². The minimum Gasteiger partial charge on any atom is -0.481 e. The summed E-state index contributed by atoms with van der Waals surface area (Å²) < 4.78 is 0. The minimum absolute atomic E-state index is 0.281. The van der Waals surface area contributed by atoms with E-state index in [2.05, 4.69) is 0 Å². The largest absolute Gasteiger partial charge is 0.481 e. The highest BCUT2D eigenvalue weighted by molar-refractivity contribution is 5.78. The Kier molecular flexibility index (Phi) is 7.07. The van der Waals surface area contributed by atoms with Crippen molar-refractivity contribution in [2.75, 3.05) is 0 Å². The van der Waals surface area contributed by atoms with E-state index >= 15 is 0 Å². The molecule has 0 aromatic rings. The molecule has 3 heteroatoms. The van der Waals surface area contributed by atoms with Gasteiger partial charge in [-0.1, -0.05) is 20.3 Å². The first-order valence-corrected chi connectivity index (χ1v) is 5.32. The van der Waals surface area contributed by atoms with E-state index < -0.39 is 5.97 Å². The molecule has 0 aliphatic heterocycles. The monoisotopic (exact) mass is 200 g/mol. The first kappa shape index (κ1) is 13.1. The van der Waals surface area contributed by atoms with Gasteiger partial charge in [0.2, 0.25) is 0 Å². The Labute approximate surface area is 85.5 Å². The Hall–Kier alpha value is -0.860. The van der Waals surface area contributed by atoms with E-state index in [1.54, 1.807) is 6.92 Å². The highest BCUT2D eigenvalue weighted by Crippen LogP contribution is 2.10. The molecule has 0 aliphatic rings. The number of carbonyl (C=O) groups is 2. The third-order valence-electron chi connectivity index (χ3n) is 2.29. The van der Waals surface area contributed by atoms with Gasteiger partial charge in [0.1, 0.15) is 5.78 Å². The molecule has 0 amide bonds. The van der Waals surface area contributed by atoms with Crippen molar-refractivity contribution < 1.29 is 14.7 Å². The molecule has 0 saturated carbocycles. The predicted octanol–water partition coefficient (Wildman–Crippen LogP) is 2.64. The van der Waals surface area contributed by atoms with Crippen LogP contribution >= 0.6 is 0 Å². The second-order valence-electron chi connectivity index (χ2n) is 3.77. The van der Waals surface area contributed by atoms with Crippen molar-refractivity contribution >= 4 is 11.8 Å². The van der Waals surface area contributed by atoms with E-state index in [-0.39, 0.29) is 5.92 Å². The van der Waals surface area contributed by atoms with Crippen molar-refractivity contribution in [2.45, 2.75) is 52.4 Å². The van der Waals surface area contributed by atoms with Crippen LogP contribution in [-0.2, 0) is 9.59 Å². The maximum absolute atomic E-state index is 11.1. The molecule has 1 atom stereocenters. The van der Waals surface area contributed by atoms with Gasteiger partial charge in [0.05, 0.1) is 5.92 Å². The smallest absolute Gasteiger partial charge is 0.306 e. The number of rotatable bonds is 8. The zero-order chi connectivity index (χ0) is 11.0. The number of carboxylic acid groups (broad SMARTS) is 1. The molecular weight excluding hydrogens is 180 g/mol. The zero-order valence-electron chi connectivity index (χ0n) is 9.08. The van der Waals surface area contributed by atoms with E-state index in [0.29, 0.717) is 25.0 Å². The van der Waals surface area contributed by atoms with Gasteiger partial charge in [-0.3, -0.25) is 9.59 Å². The van der Waals surface area contributed by atoms with Gasteiger partial charge in [0.15, 0.2) is 0 Å². The summed E-state index contributed by atoms with van der Waals surface area (Å²) in [4.78, 5) is 21.6. The van der Waals surface area contributed by atoms with Gasteiger partial charge >= 0.3 is 5.97 Å². The number of unbranched alkanes of at least 4 members (excludes halogenated alkanes) is 1. The van der Waals surface area contributed by atoms with E-state index in [1.165, 1.54) is 0 Å². The summed E-state index contributed by atoms with van der Waals surface area (Å²) in [7, 11) is 0. The quantitative estimate of drug-likeness (QED) is 0.613. The van der Waals surface area contributed by atoms with Crippen LogP contribution < -0.4 is 0 Å². The highest BCUT2D eigenvalue weighted by Gasteiger charge is 2.10. The van der Waals surface area contributed by atoms with Crippen molar-refractivity contribution in [1.29, 1.82) is 0 Å². The van der Waals surface area contributed by atoms with E-state index in [4.69, 9.17) is 5.11 Å². The topological polar surface area (TPSA) is 54.4 Å². The zero-order valence-corrected chi connectivity index (χ0v) is 9.08. The summed E-state index contributed by atoms with van der Waals surface area (Å²) in [5, 5.41) is 8.61. The molecule has 0 spiro atoms. The van der Waals surface area contributed by atoms with Gasteiger partial charge in [0, 0.05) is 12.8 Å². The summed E-state index contributed by atoms with van der Waals surface area (Å²) in [5.74, 6) is -0.725. The molecule has 0 rings (SSSR count). The average molecular weight is 200 g/mol. The SMILES string of the molecule is CCCC(=O)CCCCC(C)C(=O)O. The van der Waals surface area contributed by atoms with Gasteiger partial charge in [-0.25, -0.2) is 0 Å². The summed E-state index contributed by atoms with van der Waals surface area (Å²) in [6.45, 7) is 3.70. The molecule has 0 fully saturated rings. The molecule has 0 heterocycles. The van der Waals surface area contributed by atoms with Crippen LogP contribution in [0, 0.1) is 5.92 Å². The van der Waals surface area contributed by atoms with Crippen LogP contribution in [0.5, 0.6) is 0 Å². The summed E-state index contributed by atoms with van der Waals surface area (Å²) in [6, 6.07) is 0. The maximum Gasteiger partial charge on any atom is 0.306 e. The fourth-order valence-electron chi connectivity index (χ4n) is 1.30. The summed E-state index contributed by atoms with van der Waals surface area (Å²) >= 11 is 0.